The first-order valence-electron chi connectivity index (χ1n) is 5.60. The predicted octanol–water partition coefficient (Wildman–Crippen LogP) is 3.76. The molecule has 0 radical (unpaired) electrons. The zero-order valence-corrected chi connectivity index (χ0v) is 11.9. The van der Waals surface area contributed by atoms with Crippen molar-refractivity contribution >= 4 is 21.6 Å². The molecule has 0 amide bonds. The number of methoxy groups -OCH3 is 1. The van der Waals surface area contributed by atoms with E-state index < -0.39 is 5.82 Å². The topological polar surface area (TPSA) is 44.5 Å². The molecule has 5 heteroatoms. The standard InChI is InChI=1S/C14H13BrFNO2/c1-18-13-4-2-10(15)6-9(13)8-19-14-5-3-11(17)7-12(14)16/h2-7H,8,17H2,1H3. The summed E-state index contributed by atoms with van der Waals surface area (Å²) in [6.07, 6.45) is 0. The Hall–Kier alpha value is -1.75. The number of hydrogen-bond donors (Lipinski definition) is 1. The molecule has 0 saturated carbocycles. The maximum Gasteiger partial charge on any atom is 0.167 e. The normalized spacial score (nSPS) is 10.3. The Bertz CT molecular complexity index is 590. The van der Waals surface area contributed by atoms with Crippen molar-refractivity contribution in [3.8, 4) is 11.5 Å². The largest absolute Gasteiger partial charge is 0.496 e. The first-order chi connectivity index (χ1) is 9.10. The van der Waals surface area contributed by atoms with E-state index in [1.54, 1.807) is 13.2 Å². The maximum atomic E-state index is 13.6. The van der Waals surface area contributed by atoms with Crippen LogP contribution >= 0.6 is 15.9 Å². The van der Waals surface area contributed by atoms with Gasteiger partial charge in [-0.05, 0) is 30.3 Å². The van der Waals surface area contributed by atoms with Gasteiger partial charge in [-0.15, -0.1) is 0 Å². The highest BCUT2D eigenvalue weighted by molar-refractivity contribution is 9.10. The van der Waals surface area contributed by atoms with Crippen molar-refractivity contribution in [2.45, 2.75) is 6.61 Å². The summed E-state index contributed by atoms with van der Waals surface area (Å²) in [6.45, 7) is 0.212. The van der Waals surface area contributed by atoms with Crippen LogP contribution in [0.3, 0.4) is 0 Å². The second-order valence-corrected chi connectivity index (χ2v) is 4.85. The molecule has 19 heavy (non-hydrogen) atoms. The number of nitrogens with two attached hydrogens (primary N) is 1. The van der Waals surface area contributed by atoms with Gasteiger partial charge in [0.1, 0.15) is 12.4 Å². The van der Waals surface area contributed by atoms with Crippen LogP contribution in [0.2, 0.25) is 0 Å². The SMILES string of the molecule is COc1ccc(Br)cc1COc1ccc(N)cc1F. The number of nitrogen functional groups attached to an aromatic ring is 1. The van der Waals surface area contributed by atoms with Gasteiger partial charge in [0.2, 0.25) is 0 Å². The second kappa shape index (κ2) is 5.93. The molecule has 0 aliphatic carbocycles. The van der Waals surface area contributed by atoms with E-state index >= 15 is 0 Å². The number of hydrogen-bond acceptors (Lipinski definition) is 3. The van der Waals surface area contributed by atoms with E-state index in [9.17, 15) is 4.39 Å². The van der Waals surface area contributed by atoms with Crippen LogP contribution in [0, 0.1) is 5.82 Å². The fourth-order valence-corrected chi connectivity index (χ4v) is 2.06. The molecule has 0 unspecified atom stereocenters. The molecule has 0 aliphatic rings. The van der Waals surface area contributed by atoms with Gasteiger partial charge < -0.3 is 15.2 Å². The summed E-state index contributed by atoms with van der Waals surface area (Å²) in [5.41, 5.74) is 6.67. The lowest BCUT2D eigenvalue weighted by molar-refractivity contribution is 0.282. The van der Waals surface area contributed by atoms with Gasteiger partial charge in [-0.25, -0.2) is 4.39 Å². The first-order valence-corrected chi connectivity index (χ1v) is 6.39. The number of rotatable bonds is 4. The zero-order valence-electron chi connectivity index (χ0n) is 10.3. The highest BCUT2D eigenvalue weighted by Crippen LogP contribution is 2.26. The fourth-order valence-electron chi connectivity index (χ4n) is 1.65. The van der Waals surface area contributed by atoms with Gasteiger partial charge in [-0.3, -0.25) is 0 Å². The minimum absolute atomic E-state index is 0.163. The summed E-state index contributed by atoms with van der Waals surface area (Å²) >= 11 is 3.37. The van der Waals surface area contributed by atoms with Crippen LogP contribution in [-0.4, -0.2) is 7.11 Å². The smallest absolute Gasteiger partial charge is 0.167 e. The molecule has 0 spiro atoms. The summed E-state index contributed by atoms with van der Waals surface area (Å²) in [5.74, 6) is 0.379. The number of anilines is 1. The molecule has 2 rings (SSSR count). The van der Waals surface area contributed by atoms with Crippen molar-refractivity contribution in [2.75, 3.05) is 12.8 Å². The average Bonchev–Trinajstić information content (AvgIpc) is 2.38. The molecule has 2 aromatic rings. The Morgan fingerprint density at radius 1 is 1.16 bits per heavy atom. The average molecular weight is 326 g/mol. The highest BCUT2D eigenvalue weighted by Gasteiger charge is 2.08. The molecule has 0 aliphatic heterocycles. The third-order valence-corrected chi connectivity index (χ3v) is 3.07. The van der Waals surface area contributed by atoms with Crippen molar-refractivity contribution < 1.29 is 13.9 Å². The Kier molecular flexibility index (Phi) is 4.27. The van der Waals surface area contributed by atoms with Crippen molar-refractivity contribution in [3.05, 3.63) is 52.3 Å². The van der Waals surface area contributed by atoms with Crippen LogP contribution in [0.1, 0.15) is 5.56 Å². The molecule has 0 fully saturated rings. The summed E-state index contributed by atoms with van der Waals surface area (Å²) in [4.78, 5) is 0. The third kappa shape index (κ3) is 3.38. The fraction of sp³-hybridized carbons (Fsp3) is 0.143. The summed E-state index contributed by atoms with van der Waals surface area (Å²) < 4.78 is 25.1. The number of ether oxygens (including phenoxy) is 2. The molecule has 0 saturated heterocycles. The van der Waals surface area contributed by atoms with Gasteiger partial charge in [0.15, 0.2) is 11.6 Å². The maximum absolute atomic E-state index is 13.6. The van der Waals surface area contributed by atoms with Crippen molar-refractivity contribution in [1.29, 1.82) is 0 Å². The molecule has 0 bridgehead atoms. The van der Waals surface area contributed by atoms with E-state index in [1.165, 1.54) is 12.1 Å². The van der Waals surface area contributed by atoms with E-state index in [0.29, 0.717) is 11.4 Å². The van der Waals surface area contributed by atoms with E-state index in [0.717, 1.165) is 10.0 Å². The molecule has 3 nitrogen and oxygen atoms in total. The molecule has 2 N–H and O–H groups in total. The van der Waals surface area contributed by atoms with Gasteiger partial charge in [-0.2, -0.15) is 0 Å². The van der Waals surface area contributed by atoms with Gasteiger partial charge >= 0.3 is 0 Å². The lowest BCUT2D eigenvalue weighted by Crippen LogP contribution is -2.00. The van der Waals surface area contributed by atoms with Gasteiger partial charge in [-0.1, -0.05) is 15.9 Å². The summed E-state index contributed by atoms with van der Waals surface area (Å²) in [5, 5.41) is 0. The highest BCUT2D eigenvalue weighted by atomic mass is 79.9. The minimum Gasteiger partial charge on any atom is -0.496 e. The molecular formula is C14H13BrFNO2. The quantitative estimate of drug-likeness (QED) is 0.870. The van der Waals surface area contributed by atoms with Gasteiger partial charge in [0.05, 0.1) is 7.11 Å². The number of benzene rings is 2. The van der Waals surface area contributed by atoms with Crippen molar-refractivity contribution in [2.24, 2.45) is 0 Å². The van der Waals surface area contributed by atoms with E-state index in [4.69, 9.17) is 15.2 Å². The molecule has 0 aromatic heterocycles. The lowest BCUT2D eigenvalue weighted by Gasteiger charge is -2.11. The van der Waals surface area contributed by atoms with Crippen LogP contribution in [0.5, 0.6) is 11.5 Å². The molecule has 0 heterocycles. The first kappa shape index (κ1) is 13.7. The van der Waals surface area contributed by atoms with Gasteiger partial charge in [0, 0.05) is 21.8 Å². The van der Waals surface area contributed by atoms with Crippen LogP contribution in [0.15, 0.2) is 40.9 Å². The van der Waals surface area contributed by atoms with Crippen LogP contribution < -0.4 is 15.2 Å². The van der Waals surface area contributed by atoms with E-state index in [1.807, 2.05) is 18.2 Å². The van der Waals surface area contributed by atoms with Crippen LogP contribution in [-0.2, 0) is 6.61 Å². The van der Waals surface area contributed by atoms with Gasteiger partial charge in [0.25, 0.3) is 0 Å². The van der Waals surface area contributed by atoms with Crippen molar-refractivity contribution in [3.63, 3.8) is 0 Å². The zero-order chi connectivity index (χ0) is 13.8. The Morgan fingerprint density at radius 3 is 2.58 bits per heavy atom. The predicted molar refractivity (Wildman–Crippen MR) is 75.8 cm³/mol. The third-order valence-electron chi connectivity index (χ3n) is 2.58. The molecule has 100 valence electrons. The number of halogens is 2. The monoisotopic (exact) mass is 325 g/mol. The molecule has 2 aromatic carbocycles. The van der Waals surface area contributed by atoms with Crippen LogP contribution in [0.4, 0.5) is 10.1 Å². The second-order valence-electron chi connectivity index (χ2n) is 3.93. The molecule has 0 atom stereocenters. The van der Waals surface area contributed by atoms with E-state index in [-0.39, 0.29) is 12.4 Å². The molecular weight excluding hydrogens is 313 g/mol. The van der Waals surface area contributed by atoms with Crippen LogP contribution in [0.25, 0.3) is 0 Å². The van der Waals surface area contributed by atoms with Crippen molar-refractivity contribution in [1.82, 2.24) is 0 Å². The summed E-state index contributed by atoms with van der Waals surface area (Å²) in [6, 6.07) is 9.89. The minimum atomic E-state index is -0.478. The Labute approximate surface area is 119 Å². The Morgan fingerprint density at radius 2 is 1.89 bits per heavy atom. The van der Waals surface area contributed by atoms with E-state index in [2.05, 4.69) is 15.9 Å². The Balaban J connectivity index is 2.16. The lowest BCUT2D eigenvalue weighted by atomic mass is 10.2. The summed E-state index contributed by atoms with van der Waals surface area (Å²) in [7, 11) is 1.58.